The van der Waals surface area contributed by atoms with Gasteiger partial charge in [-0.3, -0.25) is 0 Å². The van der Waals surface area contributed by atoms with Gasteiger partial charge in [-0.15, -0.1) is 11.8 Å². The Morgan fingerprint density at radius 2 is 2.24 bits per heavy atom. The maximum Gasteiger partial charge on any atom is 0.0499 e. The van der Waals surface area contributed by atoms with Crippen molar-refractivity contribution in [1.29, 1.82) is 0 Å². The Kier molecular flexibility index (Phi) is 4.13. The molecule has 0 aliphatic carbocycles. The van der Waals surface area contributed by atoms with E-state index < -0.39 is 0 Å². The van der Waals surface area contributed by atoms with Gasteiger partial charge in [-0.2, -0.15) is 0 Å². The summed E-state index contributed by atoms with van der Waals surface area (Å²) in [5, 5.41) is 10.1. The number of nitrogens with two attached hydrogens (primary N) is 1. The van der Waals surface area contributed by atoms with E-state index in [0.29, 0.717) is 11.8 Å². The lowest BCUT2D eigenvalue weighted by Crippen LogP contribution is -2.36. The second-order valence-electron chi connectivity index (χ2n) is 4.97. The van der Waals surface area contributed by atoms with Gasteiger partial charge >= 0.3 is 0 Å². The number of aliphatic hydroxyl groups is 1. The first-order valence-corrected chi connectivity index (χ1v) is 7.16. The molecule has 0 amide bonds. The van der Waals surface area contributed by atoms with Crippen LogP contribution in [-0.2, 0) is 6.42 Å². The molecule has 0 fully saturated rings. The lowest BCUT2D eigenvalue weighted by atomic mass is 9.80. The summed E-state index contributed by atoms with van der Waals surface area (Å²) in [6.45, 7) is 2.90. The fourth-order valence-electron chi connectivity index (χ4n) is 2.46. The molecule has 17 heavy (non-hydrogen) atoms. The molecule has 0 spiro atoms. The zero-order valence-corrected chi connectivity index (χ0v) is 11.2. The molecule has 0 saturated carbocycles. The maximum absolute atomic E-state index is 9.56. The van der Waals surface area contributed by atoms with Gasteiger partial charge in [0.25, 0.3) is 0 Å². The minimum absolute atomic E-state index is 0.0836. The van der Waals surface area contributed by atoms with E-state index in [-0.39, 0.29) is 12.0 Å². The van der Waals surface area contributed by atoms with Crippen LogP contribution in [0, 0.1) is 5.41 Å². The van der Waals surface area contributed by atoms with E-state index in [0.717, 1.165) is 19.3 Å². The minimum atomic E-state index is -0.0836. The smallest absolute Gasteiger partial charge is 0.0499 e. The van der Waals surface area contributed by atoms with E-state index in [1.165, 1.54) is 10.5 Å². The summed E-state index contributed by atoms with van der Waals surface area (Å²) in [6.07, 6.45) is 3.08. The van der Waals surface area contributed by atoms with Crippen LogP contribution in [0.25, 0.3) is 0 Å². The van der Waals surface area contributed by atoms with Crippen LogP contribution in [0.3, 0.4) is 0 Å². The average molecular weight is 251 g/mol. The van der Waals surface area contributed by atoms with Crippen LogP contribution in [0.4, 0.5) is 0 Å². The second-order valence-corrected chi connectivity index (χ2v) is 6.31. The molecular weight excluding hydrogens is 230 g/mol. The van der Waals surface area contributed by atoms with Gasteiger partial charge in [0.2, 0.25) is 0 Å². The lowest BCUT2D eigenvalue weighted by Gasteiger charge is -2.31. The highest BCUT2D eigenvalue weighted by molar-refractivity contribution is 8.00. The molecule has 1 aromatic rings. The first kappa shape index (κ1) is 12.9. The molecule has 2 rings (SSSR count). The predicted molar refractivity (Wildman–Crippen MR) is 73.3 cm³/mol. The van der Waals surface area contributed by atoms with Gasteiger partial charge in [0, 0.05) is 28.7 Å². The quantitative estimate of drug-likeness (QED) is 0.845. The third-order valence-corrected chi connectivity index (χ3v) is 5.21. The zero-order chi connectivity index (χ0) is 12.3. The van der Waals surface area contributed by atoms with Crippen molar-refractivity contribution in [2.24, 2.45) is 11.1 Å². The van der Waals surface area contributed by atoms with Crippen LogP contribution in [0.15, 0.2) is 29.2 Å². The van der Waals surface area contributed by atoms with Crippen LogP contribution >= 0.6 is 11.8 Å². The highest BCUT2D eigenvalue weighted by Crippen LogP contribution is 2.42. The molecule has 1 heterocycles. The topological polar surface area (TPSA) is 46.2 Å². The Balaban J connectivity index is 2.04. The normalized spacial score (nSPS) is 22.2. The first-order chi connectivity index (χ1) is 8.23. The second kappa shape index (κ2) is 5.42. The van der Waals surface area contributed by atoms with Crippen LogP contribution in [0.2, 0.25) is 0 Å². The molecule has 0 radical (unpaired) electrons. The highest BCUT2D eigenvalue weighted by Gasteiger charge is 2.32. The molecule has 0 bridgehead atoms. The summed E-state index contributed by atoms with van der Waals surface area (Å²) in [4.78, 5) is 1.40. The van der Waals surface area contributed by atoms with Crippen molar-refractivity contribution in [3.8, 4) is 0 Å². The highest BCUT2D eigenvalue weighted by atomic mass is 32.2. The van der Waals surface area contributed by atoms with E-state index in [4.69, 9.17) is 5.73 Å². The van der Waals surface area contributed by atoms with Crippen molar-refractivity contribution in [2.45, 2.75) is 36.3 Å². The molecule has 3 N–H and O–H groups in total. The third kappa shape index (κ3) is 2.67. The number of hydrogen-bond donors (Lipinski definition) is 2. The zero-order valence-electron chi connectivity index (χ0n) is 10.4. The molecule has 1 aliphatic rings. The third-order valence-electron chi connectivity index (χ3n) is 3.89. The monoisotopic (exact) mass is 251 g/mol. The molecule has 94 valence electrons. The van der Waals surface area contributed by atoms with E-state index in [1.54, 1.807) is 0 Å². The van der Waals surface area contributed by atoms with Crippen molar-refractivity contribution in [1.82, 2.24) is 0 Å². The molecule has 3 heteroatoms. The van der Waals surface area contributed by atoms with Crippen LogP contribution < -0.4 is 5.73 Å². The molecule has 2 atom stereocenters. The van der Waals surface area contributed by atoms with Crippen LogP contribution in [0.1, 0.15) is 25.3 Å². The Morgan fingerprint density at radius 3 is 2.82 bits per heavy atom. The Bertz CT molecular complexity index is 343. The molecule has 2 nitrogen and oxygen atoms in total. The van der Waals surface area contributed by atoms with Crippen LogP contribution in [-0.4, -0.2) is 23.5 Å². The minimum Gasteiger partial charge on any atom is -0.396 e. The fraction of sp³-hybridized carbons (Fsp3) is 0.571. The van der Waals surface area contributed by atoms with Gasteiger partial charge in [-0.1, -0.05) is 25.1 Å². The van der Waals surface area contributed by atoms with Crippen molar-refractivity contribution >= 4 is 11.8 Å². The van der Waals surface area contributed by atoms with Gasteiger partial charge < -0.3 is 10.8 Å². The SMILES string of the molecule is CCC(CN)(CO)CC1Cc2ccccc2S1. The van der Waals surface area contributed by atoms with Crippen LogP contribution in [0.5, 0.6) is 0 Å². The number of aliphatic hydroxyl groups excluding tert-OH is 1. The summed E-state index contributed by atoms with van der Waals surface area (Å²) in [5.74, 6) is 0. The molecule has 1 aliphatic heterocycles. The number of benzene rings is 1. The number of thioether (sulfide) groups is 1. The van der Waals surface area contributed by atoms with E-state index >= 15 is 0 Å². The van der Waals surface area contributed by atoms with Crippen molar-refractivity contribution in [3.63, 3.8) is 0 Å². The molecule has 0 saturated heterocycles. The van der Waals surface area contributed by atoms with Gasteiger partial charge in [0.1, 0.15) is 0 Å². The van der Waals surface area contributed by atoms with Crippen molar-refractivity contribution < 1.29 is 5.11 Å². The molecule has 1 aromatic carbocycles. The fourth-order valence-corrected chi connectivity index (χ4v) is 3.98. The first-order valence-electron chi connectivity index (χ1n) is 6.28. The Hall–Kier alpha value is -0.510. The van der Waals surface area contributed by atoms with E-state index in [1.807, 2.05) is 11.8 Å². The number of rotatable bonds is 5. The number of hydrogen-bond acceptors (Lipinski definition) is 3. The van der Waals surface area contributed by atoms with E-state index in [9.17, 15) is 5.11 Å². The van der Waals surface area contributed by atoms with Crippen molar-refractivity contribution in [2.75, 3.05) is 13.2 Å². The van der Waals surface area contributed by atoms with Gasteiger partial charge in [0.05, 0.1) is 0 Å². The Labute approximate surface area is 108 Å². The molecule has 0 aromatic heterocycles. The van der Waals surface area contributed by atoms with Crippen molar-refractivity contribution in [3.05, 3.63) is 29.8 Å². The summed E-state index contributed by atoms with van der Waals surface area (Å²) < 4.78 is 0. The number of fused-ring (bicyclic) bond motifs is 1. The average Bonchev–Trinajstić information content (AvgIpc) is 2.78. The van der Waals surface area contributed by atoms with Gasteiger partial charge in [-0.25, -0.2) is 0 Å². The maximum atomic E-state index is 9.56. The Morgan fingerprint density at radius 1 is 1.47 bits per heavy atom. The predicted octanol–water partition coefficient (Wildman–Crippen LogP) is 2.44. The lowest BCUT2D eigenvalue weighted by molar-refractivity contribution is 0.117. The summed E-state index contributed by atoms with van der Waals surface area (Å²) in [7, 11) is 0. The summed E-state index contributed by atoms with van der Waals surface area (Å²) in [5.41, 5.74) is 7.21. The largest absolute Gasteiger partial charge is 0.396 e. The molecule has 2 unspecified atom stereocenters. The van der Waals surface area contributed by atoms with Gasteiger partial charge in [0.15, 0.2) is 0 Å². The summed E-state index contributed by atoms with van der Waals surface area (Å²) in [6, 6.07) is 8.59. The standard InChI is InChI=1S/C14H21NOS/c1-2-14(9-15,10-16)8-12-7-11-5-3-4-6-13(11)17-12/h3-6,12,16H,2,7-10,15H2,1H3. The summed E-state index contributed by atoms with van der Waals surface area (Å²) >= 11 is 1.94. The van der Waals surface area contributed by atoms with E-state index in [2.05, 4.69) is 31.2 Å². The van der Waals surface area contributed by atoms with Gasteiger partial charge in [-0.05, 0) is 30.9 Å². The molecular formula is C14H21NOS.